The maximum atomic E-state index is 13.0. The Balaban J connectivity index is 1.72. The Morgan fingerprint density at radius 3 is 2.62 bits per heavy atom. The Morgan fingerprint density at radius 1 is 1.12 bits per heavy atom. The zero-order valence-electron chi connectivity index (χ0n) is 18.2. The van der Waals surface area contributed by atoms with Crippen LogP contribution >= 0.6 is 35.0 Å². The van der Waals surface area contributed by atoms with Gasteiger partial charge in [0.15, 0.2) is 0 Å². The van der Waals surface area contributed by atoms with Crippen LogP contribution in [0.15, 0.2) is 59.5 Å². The van der Waals surface area contributed by atoms with Gasteiger partial charge in [-0.3, -0.25) is 14.5 Å². The lowest BCUT2D eigenvalue weighted by atomic mass is 10.0. The number of carbonyl (C=O) groups is 3. The molecule has 4 rings (SSSR count). The minimum atomic E-state index is -1.03. The zero-order valence-corrected chi connectivity index (χ0v) is 20.5. The van der Waals surface area contributed by atoms with E-state index < -0.39 is 23.2 Å². The van der Waals surface area contributed by atoms with Gasteiger partial charge in [-0.2, -0.15) is 0 Å². The van der Waals surface area contributed by atoms with Crippen LogP contribution in [0, 0.1) is 0 Å². The van der Waals surface area contributed by atoms with Crippen LogP contribution in [0.25, 0.3) is 16.8 Å². The molecule has 2 amide bonds. The van der Waals surface area contributed by atoms with Crippen LogP contribution in [0.3, 0.4) is 0 Å². The average molecular weight is 516 g/mol. The average Bonchev–Trinajstić information content (AvgIpc) is 3.10. The topological polar surface area (TPSA) is 72.9 Å². The van der Waals surface area contributed by atoms with Crippen molar-refractivity contribution in [3.8, 4) is 5.75 Å². The monoisotopic (exact) mass is 515 g/mol. The number of carbonyl (C=O) groups excluding carboxylic acids is 3. The highest BCUT2D eigenvalue weighted by molar-refractivity contribution is 8.18. The first-order valence-electron chi connectivity index (χ1n) is 10.2. The number of esters is 1. The number of fused-ring (bicyclic) bond motifs is 1. The number of hydrogen-bond acceptors (Lipinski definition) is 6. The second-order valence-corrected chi connectivity index (χ2v) is 9.31. The van der Waals surface area contributed by atoms with Gasteiger partial charge < -0.3 is 9.47 Å². The van der Waals surface area contributed by atoms with Crippen molar-refractivity contribution in [1.29, 1.82) is 0 Å². The fourth-order valence-corrected chi connectivity index (χ4v) is 4.92. The number of halogens is 2. The fraction of sp³-hybridized carbons (Fsp3) is 0.160. The minimum Gasteiger partial charge on any atom is -0.488 e. The van der Waals surface area contributed by atoms with Crippen molar-refractivity contribution < 1.29 is 23.9 Å². The quantitative estimate of drug-likeness (QED) is 0.282. The second-order valence-electron chi connectivity index (χ2n) is 7.47. The molecular weight excluding hydrogens is 497 g/mol. The molecule has 0 aliphatic carbocycles. The van der Waals surface area contributed by atoms with Crippen molar-refractivity contribution in [2.45, 2.75) is 19.6 Å². The molecule has 1 aliphatic heterocycles. The van der Waals surface area contributed by atoms with E-state index in [0.29, 0.717) is 21.4 Å². The van der Waals surface area contributed by atoms with Crippen LogP contribution in [0.1, 0.15) is 18.1 Å². The number of thioether (sulfide) groups is 1. The van der Waals surface area contributed by atoms with Crippen LogP contribution in [0.5, 0.6) is 5.75 Å². The number of hydrogen-bond donors (Lipinski definition) is 0. The van der Waals surface area contributed by atoms with Gasteiger partial charge >= 0.3 is 5.97 Å². The van der Waals surface area contributed by atoms with E-state index in [0.717, 1.165) is 33.0 Å². The number of amides is 2. The van der Waals surface area contributed by atoms with Crippen molar-refractivity contribution >= 4 is 68.9 Å². The normalized spacial score (nSPS) is 15.8. The summed E-state index contributed by atoms with van der Waals surface area (Å²) in [4.78, 5) is 38.6. The van der Waals surface area contributed by atoms with Crippen molar-refractivity contribution in [3.63, 3.8) is 0 Å². The molecule has 0 bridgehead atoms. The fourth-order valence-electron chi connectivity index (χ4n) is 3.57. The van der Waals surface area contributed by atoms with Crippen LogP contribution in [0.4, 0.5) is 4.79 Å². The molecule has 3 aromatic carbocycles. The van der Waals surface area contributed by atoms with Gasteiger partial charge in [0, 0.05) is 21.2 Å². The second kappa shape index (κ2) is 10.1. The molecule has 0 saturated carbocycles. The van der Waals surface area contributed by atoms with E-state index in [2.05, 4.69) is 4.74 Å². The molecule has 0 unspecified atom stereocenters. The van der Waals surface area contributed by atoms with Gasteiger partial charge in [-0.15, -0.1) is 0 Å². The lowest BCUT2D eigenvalue weighted by molar-refractivity contribution is -0.148. The maximum Gasteiger partial charge on any atom is 0.328 e. The standard InChI is InChI=1S/C25H19Cl2NO5S/c1-14(24(30)32-2)28-23(29)22(34-25(28)31)12-19-18-6-4-3-5-15(18)8-10-21(19)33-13-16-7-9-17(26)11-20(16)27/h3-12,14H,13H2,1-2H3/b22-12+/t14-/m1/s1. The third kappa shape index (κ3) is 4.78. The molecule has 0 aromatic heterocycles. The SMILES string of the molecule is COC(=O)[C@@H](C)N1C(=O)S/C(=C/c2c(OCc3ccc(Cl)cc3Cl)ccc3ccccc23)C1=O. The highest BCUT2D eigenvalue weighted by Gasteiger charge is 2.41. The summed E-state index contributed by atoms with van der Waals surface area (Å²) < 4.78 is 10.8. The van der Waals surface area contributed by atoms with Crippen molar-refractivity contribution in [2.24, 2.45) is 0 Å². The number of methoxy groups -OCH3 is 1. The van der Waals surface area contributed by atoms with Crippen LogP contribution in [-0.2, 0) is 20.9 Å². The Bertz CT molecular complexity index is 1340. The summed E-state index contributed by atoms with van der Waals surface area (Å²) in [6.07, 6.45) is 1.62. The molecule has 6 nitrogen and oxygen atoms in total. The maximum absolute atomic E-state index is 13.0. The number of nitrogens with zero attached hydrogens (tertiary/aromatic N) is 1. The van der Waals surface area contributed by atoms with Crippen molar-refractivity contribution in [2.75, 3.05) is 7.11 Å². The van der Waals surface area contributed by atoms with Crippen molar-refractivity contribution in [1.82, 2.24) is 4.90 Å². The van der Waals surface area contributed by atoms with E-state index in [1.54, 1.807) is 30.3 Å². The van der Waals surface area contributed by atoms with E-state index in [9.17, 15) is 14.4 Å². The summed E-state index contributed by atoms with van der Waals surface area (Å²) in [6.45, 7) is 1.63. The zero-order chi connectivity index (χ0) is 24.4. The predicted octanol–water partition coefficient (Wildman–Crippen LogP) is 6.32. The van der Waals surface area contributed by atoms with E-state index >= 15 is 0 Å². The molecule has 3 aromatic rings. The first-order valence-corrected chi connectivity index (χ1v) is 11.8. The lowest BCUT2D eigenvalue weighted by Gasteiger charge is -2.18. The summed E-state index contributed by atoms with van der Waals surface area (Å²) in [5.41, 5.74) is 1.39. The smallest absolute Gasteiger partial charge is 0.328 e. The van der Waals surface area contributed by atoms with Gasteiger partial charge in [-0.05, 0) is 53.7 Å². The molecular formula is C25H19Cl2NO5S. The molecule has 0 N–H and O–H groups in total. The highest BCUT2D eigenvalue weighted by atomic mass is 35.5. The Labute approximate surface area is 210 Å². The Hall–Kier alpha value is -3.00. The molecule has 0 radical (unpaired) electrons. The lowest BCUT2D eigenvalue weighted by Crippen LogP contribution is -2.42. The van der Waals surface area contributed by atoms with E-state index in [1.165, 1.54) is 14.0 Å². The van der Waals surface area contributed by atoms with Gasteiger partial charge in [0.2, 0.25) is 0 Å². The van der Waals surface area contributed by atoms with Crippen LogP contribution in [-0.4, -0.2) is 35.2 Å². The summed E-state index contributed by atoms with van der Waals surface area (Å²) in [7, 11) is 1.21. The summed E-state index contributed by atoms with van der Waals surface area (Å²) in [6, 6.07) is 15.5. The Morgan fingerprint density at radius 2 is 1.88 bits per heavy atom. The van der Waals surface area contributed by atoms with Gasteiger partial charge in [-0.25, -0.2) is 4.79 Å². The Kier molecular flexibility index (Phi) is 7.16. The molecule has 1 saturated heterocycles. The third-order valence-electron chi connectivity index (χ3n) is 5.36. The predicted molar refractivity (Wildman–Crippen MR) is 134 cm³/mol. The molecule has 34 heavy (non-hydrogen) atoms. The number of ether oxygens (including phenoxy) is 2. The minimum absolute atomic E-state index is 0.177. The number of imide groups is 1. The largest absolute Gasteiger partial charge is 0.488 e. The van der Waals surface area contributed by atoms with Crippen molar-refractivity contribution in [3.05, 3.63) is 80.7 Å². The molecule has 1 aliphatic rings. The first kappa shape index (κ1) is 24.1. The van der Waals surface area contributed by atoms with Gasteiger partial charge in [0.05, 0.1) is 12.0 Å². The van der Waals surface area contributed by atoms with E-state index in [4.69, 9.17) is 27.9 Å². The molecule has 1 fully saturated rings. The molecule has 1 atom stereocenters. The van der Waals surface area contributed by atoms with E-state index in [-0.39, 0.29) is 11.5 Å². The van der Waals surface area contributed by atoms with Gasteiger partial charge in [0.1, 0.15) is 18.4 Å². The van der Waals surface area contributed by atoms with Crippen LogP contribution < -0.4 is 4.74 Å². The summed E-state index contributed by atoms with van der Waals surface area (Å²) in [5, 5.41) is 2.25. The molecule has 1 heterocycles. The summed E-state index contributed by atoms with van der Waals surface area (Å²) >= 11 is 13.0. The van der Waals surface area contributed by atoms with Crippen LogP contribution in [0.2, 0.25) is 10.0 Å². The first-order chi connectivity index (χ1) is 16.3. The van der Waals surface area contributed by atoms with E-state index in [1.807, 2.05) is 30.3 Å². The van der Waals surface area contributed by atoms with Gasteiger partial charge in [0.25, 0.3) is 11.1 Å². The third-order valence-corrected chi connectivity index (χ3v) is 6.83. The summed E-state index contributed by atoms with van der Waals surface area (Å²) in [5.74, 6) is -0.720. The number of benzene rings is 3. The highest BCUT2D eigenvalue weighted by Crippen LogP contribution is 2.38. The molecule has 174 valence electrons. The van der Waals surface area contributed by atoms with Gasteiger partial charge in [-0.1, -0.05) is 59.6 Å². The molecule has 0 spiro atoms. The number of rotatable bonds is 6. The molecule has 9 heteroatoms.